The maximum atomic E-state index is 12.6. The molecule has 2 aromatic rings. The van der Waals surface area contributed by atoms with E-state index in [0.717, 1.165) is 32.4 Å². The van der Waals surface area contributed by atoms with Gasteiger partial charge in [0.25, 0.3) is 0 Å². The van der Waals surface area contributed by atoms with Gasteiger partial charge in [0.05, 0.1) is 6.04 Å². The van der Waals surface area contributed by atoms with E-state index in [1.807, 2.05) is 12.3 Å². The number of carbonyl (C=O) groups excluding carboxylic acids is 1. The fourth-order valence-corrected chi connectivity index (χ4v) is 3.65. The zero-order valence-electron chi connectivity index (χ0n) is 12.4. The molecule has 0 bridgehead atoms. The number of fused-ring (bicyclic) bond motifs is 1. The molecule has 1 saturated carbocycles. The molecule has 4 nitrogen and oxygen atoms in total. The number of rotatable bonds is 4. The first kappa shape index (κ1) is 13.9. The third kappa shape index (κ3) is 2.91. The van der Waals surface area contributed by atoms with Crippen LogP contribution in [0.2, 0.25) is 0 Å². The normalized spacial score (nSPS) is 21.4. The van der Waals surface area contributed by atoms with Crippen molar-refractivity contribution in [2.75, 3.05) is 0 Å². The molecule has 1 aliphatic heterocycles. The van der Waals surface area contributed by atoms with Crippen LogP contribution in [-0.2, 0) is 24.3 Å². The van der Waals surface area contributed by atoms with E-state index < -0.39 is 0 Å². The van der Waals surface area contributed by atoms with Gasteiger partial charge in [0, 0.05) is 30.2 Å². The smallest absolute Gasteiger partial charge is 0.237 e. The molecule has 22 heavy (non-hydrogen) atoms. The van der Waals surface area contributed by atoms with Crippen molar-refractivity contribution < 1.29 is 4.79 Å². The summed E-state index contributed by atoms with van der Waals surface area (Å²) in [4.78, 5) is 16.1. The van der Waals surface area contributed by atoms with E-state index in [9.17, 15) is 4.79 Å². The molecular formula is C17H19N3OS. The quantitative estimate of drug-likeness (QED) is 0.942. The first-order valence-electron chi connectivity index (χ1n) is 7.80. The largest absolute Gasteiger partial charge is 0.352 e. The van der Waals surface area contributed by atoms with E-state index in [4.69, 9.17) is 0 Å². The van der Waals surface area contributed by atoms with Crippen LogP contribution < -0.4 is 5.32 Å². The van der Waals surface area contributed by atoms with Crippen molar-refractivity contribution in [2.24, 2.45) is 0 Å². The van der Waals surface area contributed by atoms with Crippen LogP contribution in [0.3, 0.4) is 0 Å². The Morgan fingerprint density at radius 2 is 2.09 bits per heavy atom. The lowest BCUT2D eigenvalue weighted by Gasteiger charge is -2.35. The van der Waals surface area contributed by atoms with Crippen LogP contribution >= 0.6 is 11.5 Å². The Bertz CT molecular complexity index is 666. The van der Waals surface area contributed by atoms with Gasteiger partial charge in [0.1, 0.15) is 0 Å². The minimum Gasteiger partial charge on any atom is -0.352 e. The number of carbonyl (C=O) groups is 1. The summed E-state index contributed by atoms with van der Waals surface area (Å²) in [5.74, 6) is 0.182. The van der Waals surface area contributed by atoms with Gasteiger partial charge < -0.3 is 5.32 Å². The highest BCUT2D eigenvalue weighted by molar-refractivity contribution is 7.05. The molecule has 114 valence electrons. The fraction of sp³-hybridized carbons (Fsp3) is 0.412. The number of hydrogen-bond acceptors (Lipinski definition) is 4. The maximum absolute atomic E-state index is 12.6. The highest BCUT2D eigenvalue weighted by Gasteiger charge is 2.34. The van der Waals surface area contributed by atoms with E-state index in [-0.39, 0.29) is 11.9 Å². The van der Waals surface area contributed by atoms with E-state index in [2.05, 4.69) is 38.9 Å². The number of amides is 1. The second-order valence-electron chi connectivity index (χ2n) is 6.16. The molecular weight excluding hydrogens is 294 g/mol. The molecule has 0 radical (unpaired) electrons. The predicted octanol–water partition coefficient (Wildman–Crippen LogP) is 2.35. The Morgan fingerprint density at radius 1 is 1.27 bits per heavy atom. The van der Waals surface area contributed by atoms with Crippen molar-refractivity contribution in [3.05, 3.63) is 52.5 Å². The van der Waals surface area contributed by atoms with Crippen molar-refractivity contribution in [2.45, 2.75) is 44.4 Å². The minimum absolute atomic E-state index is 0.0717. The maximum Gasteiger partial charge on any atom is 0.237 e. The van der Waals surface area contributed by atoms with Crippen LogP contribution in [-0.4, -0.2) is 27.3 Å². The standard InChI is InChI=1S/C17H19N3OS/c21-17(19-14-5-6-14)16-9-12-3-1-2-4-13(12)10-20(16)11-15-7-8-18-22-15/h1-4,7-8,14,16H,5-6,9-11H2,(H,19,21)/t16-/m0/s1. The minimum atomic E-state index is -0.0717. The second-order valence-corrected chi connectivity index (χ2v) is 7.07. The lowest BCUT2D eigenvalue weighted by molar-refractivity contribution is -0.127. The lowest BCUT2D eigenvalue weighted by Crippen LogP contribution is -2.50. The fourth-order valence-electron chi connectivity index (χ4n) is 3.05. The van der Waals surface area contributed by atoms with E-state index in [1.165, 1.54) is 27.5 Å². The Morgan fingerprint density at radius 3 is 2.82 bits per heavy atom. The van der Waals surface area contributed by atoms with Crippen molar-refractivity contribution >= 4 is 17.4 Å². The summed E-state index contributed by atoms with van der Waals surface area (Å²) in [5, 5.41) is 3.17. The van der Waals surface area contributed by atoms with Crippen LogP contribution in [0, 0.1) is 0 Å². The molecule has 0 unspecified atom stereocenters. The molecule has 1 aliphatic carbocycles. The predicted molar refractivity (Wildman–Crippen MR) is 86.5 cm³/mol. The molecule has 2 heterocycles. The highest BCUT2D eigenvalue weighted by atomic mass is 32.1. The van der Waals surface area contributed by atoms with Crippen molar-refractivity contribution in [3.8, 4) is 0 Å². The molecule has 5 heteroatoms. The molecule has 1 aromatic carbocycles. The topological polar surface area (TPSA) is 45.2 Å². The van der Waals surface area contributed by atoms with Gasteiger partial charge in [-0.1, -0.05) is 24.3 Å². The van der Waals surface area contributed by atoms with Crippen LogP contribution in [0.5, 0.6) is 0 Å². The summed E-state index contributed by atoms with van der Waals surface area (Å²) in [6.07, 6.45) is 4.89. The summed E-state index contributed by atoms with van der Waals surface area (Å²) in [6, 6.07) is 10.8. The van der Waals surface area contributed by atoms with Crippen molar-refractivity contribution in [1.29, 1.82) is 0 Å². The summed E-state index contributed by atoms with van der Waals surface area (Å²) >= 11 is 1.51. The first-order valence-corrected chi connectivity index (χ1v) is 8.58. The molecule has 0 spiro atoms. The van der Waals surface area contributed by atoms with Crippen LogP contribution in [0.4, 0.5) is 0 Å². The second kappa shape index (κ2) is 5.82. The average molecular weight is 313 g/mol. The summed E-state index contributed by atoms with van der Waals surface area (Å²) < 4.78 is 4.17. The third-order valence-electron chi connectivity index (χ3n) is 4.42. The van der Waals surface area contributed by atoms with Gasteiger partial charge in [-0.15, -0.1) is 0 Å². The van der Waals surface area contributed by atoms with Gasteiger partial charge in [0.2, 0.25) is 5.91 Å². The molecule has 1 fully saturated rings. The van der Waals surface area contributed by atoms with Crippen molar-refractivity contribution in [1.82, 2.24) is 14.6 Å². The number of benzene rings is 1. The monoisotopic (exact) mass is 313 g/mol. The van der Waals surface area contributed by atoms with Gasteiger partial charge >= 0.3 is 0 Å². The Hall–Kier alpha value is -1.72. The average Bonchev–Trinajstić information content (AvgIpc) is 3.19. The highest BCUT2D eigenvalue weighted by Crippen LogP contribution is 2.27. The number of hydrogen-bond donors (Lipinski definition) is 1. The van der Waals surface area contributed by atoms with Gasteiger partial charge in [-0.05, 0) is 48.0 Å². The lowest BCUT2D eigenvalue weighted by atomic mass is 9.93. The molecule has 4 rings (SSSR count). The van der Waals surface area contributed by atoms with Crippen molar-refractivity contribution in [3.63, 3.8) is 0 Å². The zero-order valence-corrected chi connectivity index (χ0v) is 13.2. The number of nitrogens with one attached hydrogen (secondary N) is 1. The van der Waals surface area contributed by atoms with E-state index in [0.29, 0.717) is 6.04 Å². The van der Waals surface area contributed by atoms with Gasteiger partial charge in [-0.3, -0.25) is 9.69 Å². The molecule has 2 aliphatic rings. The van der Waals surface area contributed by atoms with E-state index in [1.54, 1.807) is 0 Å². The summed E-state index contributed by atoms with van der Waals surface area (Å²) in [7, 11) is 0. The Balaban J connectivity index is 1.58. The summed E-state index contributed by atoms with van der Waals surface area (Å²) in [5.41, 5.74) is 2.64. The molecule has 1 atom stereocenters. The zero-order chi connectivity index (χ0) is 14.9. The number of nitrogens with zero attached hydrogens (tertiary/aromatic N) is 2. The van der Waals surface area contributed by atoms with Crippen LogP contribution in [0.15, 0.2) is 36.5 Å². The van der Waals surface area contributed by atoms with Gasteiger partial charge in [0.15, 0.2) is 0 Å². The number of aromatic nitrogens is 1. The van der Waals surface area contributed by atoms with Gasteiger partial charge in [-0.2, -0.15) is 0 Å². The summed E-state index contributed by atoms with van der Waals surface area (Å²) in [6.45, 7) is 1.62. The van der Waals surface area contributed by atoms with Crippen LogP contribution in [0.25, 0.3) is 0 Å². The first-order chi connectivity index (χ1) is 10.8. The Labute approximate surface area is 134 Å². The third-order valence-corrected chi connectivity index (χ3v) is 5.15. The van der Waals surface area contributed by atoms with Gasteiger partial charge in [-0.25, -0.2) is 4.37 Å². The van der Waals surface area contributed by atoms with E-state index >= 15 is 0 Å². The Kier molecular flexibility index (Phi) is 3.68. The van der Waals surface area contributed by atoms with Crippen LogP contribution in [0.1, 0.15) is 28.8 Å². The SMILES string of the molecule is O=C(NC1CC1)[C@@H]1Cc2ccccc2CN1Cc1ccns1. The molecule has 1 amide bonds. The molecule has 1 N–H and O–H groups in total. The molecule has 1 aromatic heterocycles. The molecule has 0 saturated heterocycles.